The number of anilines is 1. The van der Waals surface area contributed by atoms with E-state index in [2.05, 4.69) is 46.0 Å². The van der Waals surface area contributed by atoms with E-state index in [4.69, 9.17) is 4.74 Å². The summed E-state index contributed by atoms with van der Waals surface area (Å²) in [5, 5.41) is 4.48. The van der Waals surface area contributed by atoms with E-state index in [9.17, 15) is 0 Å². The van der Waals surface area contributed by atoms with Gasteiger partial charge in [-0.2, -0.15) is 0 Å². The minimum atomic E-state index is 0.837. The molecule has 0 bridgehead atoms. The molecule has 2 heterocycles. The number of hydrogen-bond donors (Lipinski definition) is 0. The highest BCUT2D eigenvalue weighted by Gasteiger charge is 2.16. The van der Waals surface area contributed by atoms with E-state index in [1.54, 1.807) is 11.3 Å². The summed E-state index contributed by atoms with van der Waals surface area (Å²) in [5.74, 6) is 0. The Balaban J connectivity index is 1.93. The number of hydrogen-bond acceptors (Lipinski definition) is 3. The lowest BCUT2D eigenvalue weighted by molar-refractivity contribution is 0.123. The topological polar surface area (TPSA) is 12.5 Å². The fraction of sp³-hybridized carbons (Fsp3) is 0.286. The Hall–Kier alpha value is -1.32. The number of benzene rings is 1. The molecule has 0 spiro atoms. The number of ether oxygens (including phenoxy) is 1. The van der Waals surface area contributed by atoms with Crippen LogP contribution in [0.5, 0.6) is 0 Å². The molecule has 1 aliphatic rings. The minimum absolute atomic E-state index is 0.837. The van der Waals surface area contributed by atoms with Crippen LogP contribution >= 0.6 is 11.3 Å². The summed E-state index contributed by atoms with van der Waals surface area (Å²) >= 11 is 1.77. The van der Waals surface area contributed by atoms with E-state index < -0.39 is 0 Å². The van der Waals surface area contributed by atoms with Gasteiger partial charge in [0.05, 0.1) is 18.9 Å². The maximum atomic E-state index is 5.41. The highest BCUT2D eigenvalue weighted by molar-refractivity contribution is 7.08. The van der Waals surface area contributed by atoms with Crippen molar-refractivity contribution in [3.05, 3.63) is 41.1 Å². The zero-order chi connectivity index (χ0) is 11.5. The molecule has 3 heteroatoms. The Morgan fingerprint density at radius 1 is 1.00 bits per heavy atom. The Kier molecular flexibility index (Phi) is 3.12. The van der Waals surface area contributed by atoms with Crippen LogP contribution in [0.25, 0.3) is 11.1 Å². The van der Waals surface area contributed by atoms with Crippen LogP contribution in [0.4, 0.5) is 5.69 Å². The molecule has 0 atom stereocenters. The standard InChI is InChI=1S/C14H15NOS/c1-2-4-12(5-3-1)13-10-17-11-14(13)15-6-8-16-9-7-15/h1-5,10-11H,6-9H2. The van der Waals surface area contributed by atoms with Crippen molar-refractivity contribution in [1.29, 1.82) is 0 Å². The second kappa shape index (κ2) is 4.90. The van der Waals surface area contributed by atoms with Crippen molar-refractivity contribution in [2.75, 3.05) is 31.2 Å². The van der Waals surface area contributed by atoms with Gasteiger partial charge in [-0.05, 0) is 5.56 Å². The van der Waals surface area contributed by atoms with E-state index in [0.717, 1.165) is 26.3 Å². The molecule has 1 aromatic carbocycles. The van der Waals surface area contributed by atoms with Crippen molar-refractivity contribution >= 4 is 17.0 Å². The van der Waals surface area contributed by atoms with Gasteiger partial charge in [0.25, 0.3) is 0 Å². The van der Waals surface area contributed by atoms with E-state index in [1.165, 1.54) is 16.8 Å². The number of rotatable bonds is 2. The molecule has 0 saturated carbocycles. The molecule has 0 unspecified atom stereocenters. The lowest BCUT2D eigenvalue weighted by Crippen LogP contribution is -2.36. The number of thiophene rings is 1. The quantitative estimate of drug-likeness (QED) is 0.805. The molecular weight excluding hydrogens is 230 g/mol. The summed E-state index contributed by atoms with van der Waals surface area (Å²) in [6.45, 7) is 3.67. The highest BCUT2D eigenvalue weighted by atomic mass is 32.1. The van der Waals surface area contributed by atoms with Crippen molar-refractivity contribution in [3.8, 4) is 11.1 Å². The van der Waals surface area contributed by atoms with Gasteiger partial charge in [-0.3, -0.25) is 0 Å². The Morgan fingerprint density at radius 2 is 1.76 bits per heavy atom. The monoisotopic (exact) mass is 245 g/mol. The molecule has 1 aliphatic heterocycles. The SMILES string of the molecule is c1ccc(-c2cscc2N2CCOCC2)cc1. The molecule has 0 aliphatic carbocycles. The summed E-state index contributed by atoms with van der Waals surface area (Å²) < 4.78 is 5.41. The van der Waals surface area contributed by atoms with Crippen molar-refractivity contribution in [2.45, 2.75) is 0 Å². The third-order valence-electron chi connectivity index (χ3n) is 3.08. The van der Waals surface area contributed by atoms with E-state index in [-0.39, 0.29) is 0 Å². The van der Waals surface area contributed by atoms with Gasteiger partial charge in [-0.15, -0.1) is 11.3 Å². The van der Waals surface area contributed by atoms with E-state index in [1.807, 2.05) is 0 Å². The van der Waals surface area contributed by atoms with Crippen molar-refractivity contribution < 1.29 is 4.74 Å². The van der Waals surface area contributed by atoms with Gasteiger partial charge < -0.3 is 9.64 Å². The largest absolute Gasteiger partial charge is 0.378 e. The summed E-state index contributed by atoms with van der Waals surface area (Å²) in [7, 11) is 0. The lowest BCUT2D eigenvalue weighted by atomic mass is 10.1. The first-order valence-electron chi connectivity index (χ1n) is 5.89. The molecule has 1 saturated heterocycles. The Morgan fingerprint density at radius 3 is 2.53 bits per heavy atom. The second-order valence-corrected chi connectivity index (χ2v) is 4.88. The number of nitrogens with zero attached hydrogens (tertiary/aromatic N) is 1. The third kappa shape index (κ3) is 2.21. The zero-order valence-corrected chi connectivity index (χ0v) is 10.5. The molecule has 0 N–H and O–H groups in total. The van der Waals surface area contributed by atoms with Gasteiger partial charge in [0.2, 0.25) is 0 Å². The smallest absolute Gasteiger partial charge is 0.0642 e. The van der Waals surface area contributed by atoms with Crippen LogP contribution in [0.1, 0.15) is 0 Å². The average molecular weight is 245 g/mol. The Labute approximate surface area is 105 Å². The predicted molar refractivity (Wildman–Crippen MR) is 72.8 cm³/mol. The third-order valence-corrected chi connectivity index (χ3v) is 3.81. The molecule has 1 aromatic heterocycles. The van der Waals surface area contributed by atoms with Crippen LogP contribution in [-0.2, 0) is 4.74 Å². The summed E-state index contributed by atoms with van der Waals surface area (Å²) in [5.41, 5.74) is 4.00. The normalized spacial score (nSPS) is 16.1. The minimum Gasteiger partial charge on any atom is -0.378 e. The average Bonchev–Trinajstić information content (AvgIpc) is 2.90. The van der Waals surface area contributed by atoms with Gasteiger partial charge in [0, 0.05) is 29.4 Å². The molecule has 0 radical (unpaired) electrons. The van der Waals surface area contributed by atoms with Crippen molar-refractivity contribution in [3.63, 3.8) is 0 Å². The van der Waals surface area contributed by atoms with Crippen LogP contribution in [0.3, 0.4) is 0 Å². The van der Waals surface area contributed by atoms with Crippen LogP contribution in [0.2, 0.25) is 0 Å². The maximum Gasteiger partial charge on any atom is 0.0642 e. The molecular formula is C14H15NOS. The van der Waals surface area contributed by atoms with Gasteiger partial charge in [0.1, 0.15) is 0 Å². The van der Waals surface area contributed by atoms with Gasteiger partial charge in [-0.1, -0.05) is 30.3 Å². The predicted octanol–water partition coefficient (Wildman–Crippen LogP) is 3.25. The fourth-order valence-electron chi connectivity index (χ4n) is 2.17. The summed E-state index contributed by atoms with van der Waals surface area (Å²) in [6.07, 6.45) is 0. The van der Waals surface area contributed by atoms with Crippen molar-refractivity contribution in [2.24, 2.45) is 0 Å². The highest BCUT2D eigenvalue weighted by Crippen LogP contribution is 2.34. The van der Waals surface area contributed by atoms with Crippen LogP contribution in [-0.4, -0.2) is 26.3 Å². The lowest BCUT2D eigenvalue weighted by Gasteiger charge is -2.29. The molecule has 2 aromatic rings. The molecule has 88 valence electrons. The molecule has 17 heavy (non-hydrogen) atoms. The van der Waals surface area contributed by atoms with E-state index in [0.29, 0.717) is 0 Å². The van der Waals surface area contributed by atoms with Gasteiger partial charge in [0.15, 0.2) is 0 Å². The first-order chi connectivity index (χ1) is 8.45. The summed E-state index contributed by atoms with van der Waals surface area (Å²) in [6, 6.07) is 10.6. The van der Waals surface area contributed by atoms with Crippen LogP contribution in [0, 0.1) is 0 Å². The molecule has 1 fully saturated rings. The Bertz CT molecular complexity index is 474. The number of morpholine rings is 1. The first kappa shape index (κ1) is 10.8. The maximum absolute atomic E-state index is 5.41. The van der Waals surface area contributed by atoms with Crippen LogP contribution < -0.4 is 4.90 Å². The van der Waals surface area contributed by atoms with Crippen molar-refractivity contribution in [1.82, 2.24) is 0 Å². The molecule has 2 nitrogen and oxygen atoms in total. The van der Waals surface area contributed by atoms with Crippen LogP contribution in [0.15, 0.2) is 41.1 Å². The molecule has 0 amide bonds. The fourth-order valence-corrected chi connectivity index (χ4v) is 3.04. The zero-order valence-electron chi connectivity index (χ0n) is 9.63. The first-order valence-corrected chi connectivity index (χ1v) is 6.84. The van der Waals surface area contributed by atoms with Gasteiger partial charge >= 0.3 is 0 Å². The second-order valence-electron chi connectivity index (χ2n) is 4.14. The van der Waals surface area contributed by atoms with Gasteiger partial charge in [-0.25, -0.2) is 0 Å². The summed E-state index contributed by atoms with van der Waals surface area (Å²) in [4.78, 5) is 2.42. The van der Waals surface area contributed by atoms with E-state index >= 15 is 0 Å². The molecule has 3 rings (SSSR count).